The molecule has 2 fully saturated rings. The van der Waals surface area contributed by atoms with Gasteiger partial charge in [-0.15, -0.1) is 0 Å². The number of piperazine rings is 1. The van der Waals surface area contributed by atoms with Crippen molar-refractivity contribution in [1.82, 2.24) is 14.1 Å². The normalized spacial score (nSPS) is 24.3. The van der Waals surface area contributed by atoms with Crippen molar-refractivity contribution in [2.75, 3.05) is 32.7 Å². The molecular formula is C23H31N3O3S. The molecule has 2 atom stereocenters. The minimum absolute atomic E-state index is 0.167. The van der Waals surface area contributed by atoms with Crippen LogP contribution in [0, 0.1) is 0 Å². The van der Waals surface area contributed by atoms with E-state index in [1.807, 2.05) is 35.2 Å². The molecule has 1 amide bonds. The zero-order valence-electron chi connectivity index (χ0n) is 17.8. The predicted octanol–water partition coefficient (Wildman–Crippen LogP) is 2.94. The Morgan fingerprint density at radius 1 is 0.933 bits per heavy atom. The minimum atomic E-state index is -3.53. The van der Waals surface area contributed by atoms with Crippen molar-refractivity contribution < 1.29 is 13.2 Å². The summed E-state index contributed by atoms with van der Waals surface area (Å²) in [5, 5.41) is 1.95. The molecule has 162 valence electrons. The monoisotopic (exact) mass is 429 g/mol. The fraction of sp³-hybridized carbons (Fsp3) is 0.522. The lowest BCUT2D eigenvalue weighted by molar-refractivity contribution is -0.138. The molecule has 2 heterocycles. The molecule has 0 saturated carbocycles. The topological polar surface area (TPSA) is 60.9 Å². The van der Waals surface area contributed by atoms with Gasteiger partial charge in [0.1, 0.15) is 0 Å². The summed E-state index contributed by atoms with van der Waals surface area (Å²) in [6.45, 7) is 6.60. The van der Waals surface area contributed by atoms with Crippen molar-refractivity contribution in [3.05, 3.63) is 42.5 Å². The van der Waals surface area contributed by atoms with E-state index in [0.717, 1.165) is 23.6 Å². The number of rotatable bonds is 4. The summed E-state index contributed by atoms with van der Waals surface area (Å²) >= 11 is 0. The van der Waals surface area contributed by atoms with E-state index in [9.17, 15) is 13.2 Å². The number of hydrogen-bond acceptors (Lipinski definition) is 4. The summed E-state index contributed by atoms with van der Waals surface area (Å²) in [6.07, 6.45) is 3.30. The van der Waals surface area contributed by atoms with Gasteiger partial charge in [0.15, 0.2) is 0 Å². The highest BCUT2D eigenvalue weighted by Crippen LogP contribution is 2.24. The molecule has 0 aromatic heterocycles. The van der Waals surface area contributed by atoms with Crippen LogP contribution in [0.2, 0.25) is 0 Å². The van der Waals surface area contributed by atoms with Crippen LogP contribution in [-0.4, -0.2) is 73.2 Å². The molecule has 4 rings (SSSR count). The molecule has 2 saturated heterocycles. The number of carbonyl (C=O) groups excluding carboxylic acids is 1. The Labute approximate surface area is 179 Å². The van der Waals surface area contributed by atoms with E-state index in [0.29, 0.717) is 37.6 Å². The summed E-state index contributed by atoms with van der Waals surface area (Å²) in [4.78, 5) is 17.3. The molecule has 7 heteroatoms. The fourth-order valence-corrected chi connectivity index (χ4v) is 6.25. The van der Waals surface area contributed by atoms with E-state index in [1.165, 1.54) is 6.42 Å². The number of fused-ring (bicyclic) bond motifs is 1. The number of hydrogen-bond donors (Lipinski definition) is 0. The standard InChI is InChI=1S/C23H31N3O3S/c1-18-6-5-7-19(2)26(18)23(27)17-24-12-14-25(15-13-24)30(28,29)22-11-10-20-8-3-4-9-21(20)16-22/h3-4,8-11,16,18-19H,5-7,12-15,17H2,1-2H3/t18-,19+. The van der Waals surface area contributed by atoms with Crippen LogP contribution in [0.25, 0.3) is 10.8 Å². The first-order valence-corrected chi connectivity index (χ1v) is 12.3. The number of benzene rings is 2. The lowest BCUT2D eigenvalue weighted by atomic mass is 9.97. The first-order chi connectivity index (χ1) is 14.4. The Kier molecular flexibility index (Phi) is 6.14. The second-order valence-electron chi connectivity index (χ2n) is 8.62. The Morgan fingerprint density at radius 3 is 2.23 bits per heavy atom. The highest BCUT2D eigenvalue weighted by Gasteiger charge is 2.32. The quantitative estimate of drug-likeness (QED) is 0.750. The Bertz CT molecular complexity index is 1010. The van der Waals surface area contributed by atoms with Gasteiger partial charge < -0.3 is 4.90 Å². The number of sulfonamides is 1. The lowest BCUT2D eigenvalue weighted by Crippen LogP contribution is -2.54. The molecule has 6 nitrogen and oxygen atoms in total. The van der Waals surface area contributed by atoms with E-state index >= 15 is 0 Å². The largest absolute Gasteiger partial charge is 0.336 e. The van der Waals surface area contributed by atoms with Crippen molar-refractivity contribution in [3.8, 4) is 0 Å². The van der Waals surface area contributed by atoms with E-state index < -0.39 is 10.0 Å². The molecular weight excluding hydrogens is 398 g/mol. The van der Waals surface area contributed by atoms with Gasteiger partial charge in [0.25, 0.3) is 0 Å². The van der Waals surface area contributed by atoms with Crippen LogP contribution < -0.4 is 0 Å². The Balaban J connectivity index is 1.39. The van der Waals surface area contributed by atoms with Gasteiger partial charge in [0.05, 0.1) is 11.4 Å². The van der Waals surface area contributed by atoms with Gasteiger partial charge >= 0.3 is 0 Å². The van der Waals surface area contributed by atoms with Crippen LogP contribution >= 0.6 is 0 Å². The average Bonchev–Trinajstić information content (AvgIpc) is 2.73. The molecule has 2 aliphatic rings. The summed E-state index contributed by atoms with van der Waals surface area (Å²) in [5.41, 5.74) is 0. The van der Waals surface area contributed by atoms with Crippen molar-refractivity contribution in [3.63, 3.8) is 0 Å². The van der Waals surface area contributed by atoms with Crippen molar-refractivity contribution in [2.24, 2.45) is 0 Å². The van der Waals surface area contributed by atoms with E-state index in [-0.39, 0.29) is 18.0 Å². The smallest absolute Gasteiger partial charge is 0.243 e. The Hall–Kier alpha value is -1.96. The number of piperidine rings is 1. The highest BCUT2D eigenvalue weighted by molar-refractivity contribution is 7.89. The first-order valence-electron chi connectivity index (χ1n) is 10.9. The third-order valence-electron chi connectivity index (χ3n) is 6.53. The maximum Gasteiger partial charge on any atom is 0.243 e. The van der Waals surface area contributed by atoms with Crippen molar-refractivity contribution >= 4 is 26.7 Å². The SMILES string of the molecule is C[C@@H]1CCC[C@H](C)N1C(=O)CN1CCN(S(=O)(=O)c2ccc3ccccc3c2)CC1. The predicted molar refractivity (Wildman–Crippen MR) is 119 cm³/mol. The van der Waals surface area contributed by atoms with Gasteiger partial charge in [0, 0.05) is 38.3 Å². The van der Waals surface area contributed by atoms with Gasteiger partial charge in [-0.1, -0.05) is 30.3 Å². The third-order valence-corrected chi connectivity index (χ3v) is 8.42. The number of amides is 1. The average molecular weight is 430 g/mol. The molecule has 30 heavy (non-hydrogen) atoms. The summed E-state index contributed by atoms with van der Waals surface area (Å²) < 4.78 is 27.8. The van der Waals surface area contributed by atoms with Crippen LogP contribution in [0.3, 0.4) is 0 Å². The maximum atomic E-state index is 13.1. The maximum absolute atomic E-state index is 13.1. The first kappa shape index (κ1) is 21.3. The molecule has 0 radical (unpaired) electrons. The summed E-state index contributed by atoms with van der Waals surface area (Å²) in [5.74, 6) is 0.167. The molecule has 2 aromatic rings. The van der Waals surface area contributed by atoms with Crippen LogP contribution in [0.5, 0.6) is 0 Å². The van der Waals surface area contributed by atoms with Gasteiger partial charge in [-0.3, -0.25) is 9.69 Å². The van der Waals surface area contributed by atoms with Crippen LogP contribution in [0.15, 0.2) is 47.4 Å². The molecule has 0 aliphatic carbocycles. The molecule has 0 spiro atoms. The molecule has 0 bridgehead atoms. The molecule has 0 unspecified atom stereocenters. The third kappa shape index (κ3) is 4.24. The second kappa shape index (κ2) is 8.65. The van der Waals surface area contributed by atoms with E-state index in [2.05, 4.69) is 18.7 Å². The second-order valence-corrected chi connectivity index (χ2v) is 10.6. The molecule has 2 aromatic carbocycles. The van der Waals surface area contributed by atoms with Gasteiger partial charge in [-0.25, -0.2) is 8.42 Å². The molecule has 0 N–H and O–H groups in total. The van der Waals surface area contributed by atoms with Crippen molar-refractivity contribution in [2.45, 2.75) is 50.1 Å². The fourth-order valence-electron chi connectivity index (χ4n) is 4.79. The summed E-state index contributed by atoms with van der Waals surface area (Å²) in [7, 11) is -3.53. The highest BCUT2D eigenvalue weighted by atomic mass is 32.2. The van der Waals surface area contributed by atoms with Gasteiger partial charge in [-0.05, 0) is 56.0 Å². The van der Waals surface area contributed by atoms with Gasteiger partial charge in [0.2, 0.25) is 15.9 Å². The lowest BCUT2D eigenvalue weighted by Gasteiger charge is -2.41. The minimum Gasteiger partial charge on any atom is -0.336 e. The van der Waals surface area contributed by atoms with Crippen LogP contribution in [-0.2, 0) is 14.8 Å². The number of nitrogens with zero attached hydrogens (tertiary/aromatic N) is 3. The van der Waals surface area contributed by atoms with E-state index in [4.69, 9.17) is 0 Å². The van der Waals surface area contributed by atoms with Crippen LogP contribution in [0.4, 0.5) is 0 Å². The van der Waals surface area contributed by atoms with Crippen LogP contribution in [0.1, 0.15) is 33.1 Å². The Morgan fingerprint density at radius 2 is 1.57 bits per heavy atom. The number of likely N-dealkylation sites (tertiary alicyclic amines) is 1. The zero-order chi connectivity index (χ0) is 21.3. The molecule has 2 aliphatic heterocycles. The number of carbonyl (C=O) groups is 1. The zero-order valence-corrected chi connectivity index (χ0v) is 18.6. The summed E-state index contributed by atoms with van der Waals surface area (Å²) in [6, 6.07) is 13.6. The van der Waals surface area contributed by atoms with Gasteiger partial charge in [-0.2, -0.15) is 4.31 Å². The van der Waals surface area contributed by atoms with E-state index in [1.54, 1.807) is 16.4 Å². The van der Waals surface area contributed by atoms with Crippen molar-refractivity contribution in [1.29, 1.82) is 0 Å².